The Balaban J connectivity index is 0.00000171. The van der Waals surface area contributed by atoms with Crippen LogP contribution in [0.4, 0.5) is 5.82 Å². The summed E-state index contributed by atoms with van der Waals surface area (Å²) in [7, 11) is 3.42. The SMILES string of the molecule is CN(C)C(=O)c1ccc(-c2cnc(N)c(-c3nnc(-c4ccccc4)o3)n2)cc1.[HH].[HH]. The van der Waals surface area contributed by atoms with E-state index in [1.165, 1.54) is 4.90 Å². The maximum absolute atomic E-state index is 12.0. The Morgan fingerprint density at radius 2 is 1.66 bits per heavy atom. The normalized spacial score (nSPS) is 10.7. The molecule has 0 spiro atoms. The average Bonchev–Trinajstić information content (AvgIpc) is 3.24. The van der Waals surface area contributed by atoms with Gasteiger partial charge in [-0.1, -0.05) is 30.3 Å². The Labute approximate surface area is 170 Å². The van der Waals surface area contributed by atoms with Crippen LogP contribution in [0, 0.1) is 0 Å². The Morgan fingerprint density at radius 3 is 2.34 bits per heavy atom. The van der Waals surface area contributed by atoms with E-state index in [2.05, 4.69) is 20.2 Å². The zero-order chi connectivity index (χ0) is 20.4. The first-order valence-corrected chi connectivity index (χ1v) is 8.87. The first-order valence-electron chi connectivity index (χ1n) is 8.87. The molecule has 0 bridgehead atoms. The summed E-state index contributed by atoms with van der Waals surface area (Å²) in [4.78, 5) is 22.3. The van der Waals surface area contributed by atoms with Crippen molar-refractivity contribution in [1.29, 1.82) is 0 Å². The quantitative estimate of drug-likeness (QED) is 0.566. The predicted octanol–water partition coefficient (Wildman–Crippen LogP) is 3.64. The first-order chi connectivity index (χ1) is 14.0. The third-order valence-electron chi connectivity index (χ3n) is 4.28. The van der Waals surface area contributed by atoms with Gasteiger partial charge in [0.15, 0.2) is 11.5 Å². The summed E-state index contributed by atoms with van der Waals surface area (Å²) in [5.41, 5.74) is 9.06. The molecule has 2 aromatic carbocycles. The highest BCUT2D eigenvalue weighted by Gasteiger charge is 2.17. The van der Waals surface area contributed by atoms with E-state index in [4.69, 9.17) is 10.2 Å². The fourth-order valence-electron chi connectivity index (χ4n) is 2.75. The molecule has 0 saturated carbocycles. The van der Waals surface area contributed by atoms with Crippen LogP contribution in [-0.4, -0.2) is 45.1 Å². The standard InChI is InChI=1S/C21H18N6O2.2H2/c1-27(2)21(28)15-10-8-13(9-11-15)16-12-23-18(22)17(24-16)20-26-25-19(29-20)14-6-4-3-5-7-14;;/h3-12H,1-2H3,(H2,22,23);2*1H. The van der Waals surface area contributed by atoms with Gasteiger partial charge in [-0.3, -0.25) is 4.79 Å². The van der Waals surface area contributed by atoms with Crippen LogP contribution >= 0.6 is 0 Å². The van der Waals surface area contributed by atoms with Crippen LogP contribution in [0.2, 0.25) is 0 Å². The molecule has 0 aliphatic carbocycles. The maximum Gasteiger partial charge on any atom is 0.270 e. The number of rotatable bonds is 4. The van der Waals surface area contributed by atoms with Gasteiger partial charge >= 0.3 is 0 Å². The lowest BCUT2D eigenvalue weighted by Crippen LogP contribution is -2.21. The van der Waals surface area contributed by atoms with Gasteiger partial charge in [0.25, 0.3) is 11.8 Å². The molecule has 1 amide bonds. The second-order valence-corrected chi connectivity index (χ2v) is 6.54. The van der Waals surface area contributed by atoms with E-state index in [1.54, 1.807) is 32.4 Å². The van der Waals surface area contributed by atoms with Gasteiger partial charge in [0.1, 0.15) is 0 Å². The molecule has 2 aromatic heterocycles. The van der Waals surface area contributed by atoms with Gasteiger partial charge in [-0.25, -0.2) is 9.97 Å². The number of carbonyl (C=O) groups excluding carboxylic acids is 1. The molecule has 2 N–H and O–H groups in total. The Hall–Kier alpha value is -4.07. The molecule has 0 aliphatic rings. The lowest BCUT2D eigenvalue weighted by atomic mass is 10.1. The van der Waals surface area contributed by atoms with Gasteiger partial charge in [0, 0.05) is 33.6 Å². The van der Waals surface area contributed by atoms with E-state index in [1.807, 2.05) is 42.5 Å². The minimum Gasteiger partial charge on any atom is -0.414 e. The summed E-state index contributed by atoms with van der Waals surface area (Å²) < 4.78 is 5.75. The van der Waals surface area contributed by atoms with Crippen molar-refractivity contribution in [2.75, 3.05) is 19.8 Å². The van der Waals surface area contributed by atoms with Crippen molar-refractivity contribution in [3.63, 3.8) is 0 Å². The summed E-state index contributed by atoms with van der Waals surface area (Å²) in [5, 5.41) is 8.14. The van der Waals surface area contributed by atoms with E-state index in [0.29, 0.717) is 22.8 Å². The van der Waals surface area contributed by atoms with Gasteiger partial charge in [-0.15, -0.1) is 10.2 Å². The molecule has 0 unspecified atom stereocenters. The molecule has 8 nitrogen and oxygen atoms in total. The molecule has 0 saturated heterocycles. The fraction of sp³-hybridized carbons (Fsp3) is 0.0952. The maximum atomic E-state index is 12.0. The number of aromatic nitrogens is 4. The van der Waals surface area contributed by atoms with Gasteiger partial charge in [0.05, 0.1) is 11.9 Å². The Morgan fingerprint density at radius 1 is 0.966 bits per heavy atom. The summed E-state index contributed by atoms with van der Waals surface area (Å²) >= 11 is 0. The van der Waals surface area contributed by atoms with Crippen molar-refractivity contribution in [2.24, 2.45) is 0 Å². The molecule has 4 aromatic rings. The van der Waals surface area contributed by atoms with Crippen molar-refractivity contribution >= 4 is 11.7 Å². The molecular formula is C21H22N6O2. The first kappa shape index (κ1) is 18.3. The zero-order valence-corrected chi connectivity index (χ0v) is 15.9. The molecule has 148 valence electrons. The highest BCUT2D eigenvalue weighted by atomic mass is 16.4. The molecule has 0 aliphatic heterocycles. The number of amides is 1. The summed E-state index contributed by atoms with van der Waals surface area (Å²) in [6, 6.07) is 16.5. The van der Waals surface area contributed by atoms with Gasteiger partial charge in [0.2, 0.25) is 5.89 Å². The number of carbonyl (C=O) groups is 1. The summed E-state index contributed by atoms with van der Waals surface area (Å²) in [6.45, 7) is 0. The molecule has 2 heterocycles. The number of nitrogens with two attached hydrogens (primary N) is 1. The van der Waals surface area contributed by atoms with Crippen LogP contribution < -0.4 is 5.73 Å². The molecule has 29 heavy (non-hydrogen) atoms. The van der Waals surface area contributed by atoms with Crippen molar-refractivity contribution in [3.8, 4) is 34.3 Å². The second kappa shape index (κ2) is 7.51. The van der Waals surface area contributed by atoms with Crippen LogP contribution in [0.5, 0.6) is 0 Å². The van der Waals surface area contributed by atoms with Gasteiger partial charge < -0.3 is 15.1 Å². The van der Waals surface area contributed by atoms with Gasteiger partial charge in [-0.05, 0) is 24.3 Å². The minimum absolute atomic E-state index is 0. The van der Waals surface area contributed by atoms with Crippen LogP contribution in [0.1, 0.15) is 13.2 Å². The average molecular weight is 390 g/mol. The van der Waals surface area contributed by atoms with Crippen molar-refractivity contribution in [3.05, 3.63) is 66.4 Å². The van der Waals surface area contributed by atoms with Crippen molar-refractivity contribution < 1.29 is 12.1 Å². The van der Waals surface area contributed by atoms with Gasteiger partial charge in [-0.2, -0.15) is 0 Å². The third-order valence-corrected chi connectivity index (χ3v) is 4.28. The predicted molar refractivity (Wildman–Crippen MR) is 113 cm³/mol. The van der Waals surface area contributed by atoms with Crippen molar-refractivity contribution in [2.45, 2.75) is 0 Å². The molecule has 0 fully saturated rings. The number of nitrogen functional groups attached to an aromatic ring is 1. The zero-order valence-electron chi connectivity index (χ0n) is 15.9. The summed E-state index contributed by atoms with van der Waals surface area (Å²) in [6.07, 6.45) is 1.57. The molecule has 0 atom stereocenters. The molecule has 4 rings (SSSR count). The van der Waals surface area contributed by atoms with E-state index in [0.717, 1.165) is 11.1 Å². The Kier molecular flexibility index (Phi) is 4.74. The number of hydrogen-bond donors (Lipinski definition) is 1. The topological polar surface area (TPSA) is 111 Å². The fourth-order valence-corrected chi connectivity index (χ4v) is 2.75. The monoisotopic (exact) mass is 390 g/mol. The highest BCUT2D eigenvalue weighted by molar-refractivity contribution is 5.94. The van der Waals surface area contributed by atoms with Crippen LogP contribution in [0.15, 0.2) is 65.2 Å². The third kappa shape index (κ3) is 3.68. The van der Waals surface area contributed by atoms with Crippen LogP contribution in [0.25, 0.3) is 34.3 Å². The van der Waals surface area contributed by atoms with E-state index in [9.17, 15) is 4.79 Å². The number of hydrogen-bond acceptors (Lipinski definition) is 7. The van der Waals surface area contributed by atoms with E-state index in [-0.39, 0.29) is 20.5 Å². The number of benzene rings is 2. The second-order valence-electron chi connectivity index (χ2n) is 6.54. The van der Waals surface area contributed by atoms with E-state index < -0.39 is 0 Å². The Bertz CT molecular complexity index is 1160. The van der Waals surface area contributed by atoms with Crippen LogP contribution in [-0.2, 0) is 0 Å². The lowest BCUT2D eigenvalue weighted by Gasteiger charge is -2.10. The number of nitrogens with zero attached hydrogens (tertiary/aromatic N) is 5. The van der Waals surface area contributed by atoms with Crippen molar-refractivity contribution in [1.82, 2.24) is 25.1 Å². The van der Waals surface area contributed by atoms with E-state index >= 15 is 0 Å². The van der Waals surface area contributed by atoms with Crippen LogP contribution in [0.3, 0.4) is 0 Å². The highest BCUT2D eigenvalue weighted by Crippen LogP contribution is 2.27. The lowest BCUT2D eigenvalue weighted by molar-refractivity contribution is 0.0827. The summed E-state index contributed by atoms with van der Waals surface area (Å²) in [5.74, 6) is 0.685. The smallest absolute Gasteiger partial charge is 0.270 e. The molecule has 8 heteroatoms. The minimum atomic E-state index is -0.0695. The molecular weight excluding hydrogens is 368 g/mol. The molecule has 0 radical (unpaired) electrons. The largest absolute Gasteiger partial charge is 0.414 e. The number of anilines is 1.